The van der Waals surface area contributed by atoms with Gasteiger partial charge in [0, 0.05) is 25.0 Å². The maximum Gasteiger partial charge on any atom is 0.0177 e. The molecule has 2 unspecified atom stereocenters. The van der Waals surface area contributed by atoms with Gasteiger partial charge in [-0.15, -0.1) is 0 Å². The standard InChI is InChI=1S/C18H30N2/c1-4-11-19-14-18(3,17-8-6-5-7-9-17)15-20-12-10-16(2)13-20/h5-9,16,19H,4,10-15H2,1-3H3. The lowest BCUT2D eigenvalue weighted by Gasteiger charge is -2.35. The molecule has 1 heterocycles. The minimum absolute atomic E-state index is 0.209. The van der Waals surface area contributed by atoms with E-state index in [1.807, 2.05) is 0 Å². The molecule has 1 aliphatic rings. The Hall–Kier alpha value is -0.860. The summed E-state index contributed by atoms with van der Waals surface area (Å²) in [5.74, 6) is 0.860. The molecule has 0 saturated carbocycles. The molecule has 20 heavy (non-hydrogen) atoms. The van der Waals surface area contributed by atoms with Crippen molar-refractivity contribution >= 4 is 0 Å². The fourth-order valence-electron chi connectivity index (χ4n) is 3.29. The van der Waals surface area contributed by atoms with E-state index in [2.05, 4.69) is 61.3 Å². The maximum atomic E-state index is 3.63. The molecule has 2 atom stereocenters. The van der Waals surface area contributed by atoms with Crippen molar-refractivity contribution in [3.8, 4) is 0 Å². The lowest BCUT2D eigenvalue weighted by Crippen LogP contribution is -2.45. The molecule has 1 fully saturated rings. The Kier molecular flexibility index (Phi) is 5.62. The lowest BCUT2D eigenvalue weighted by molar-refractivity contribution is 0.244. The van der Waals surface area contributed by atoms with Crippen LogP contribution in [0.25, 0.3) is 0 Å². The van der Waals surface area contributed by atoms with Gasteiger partial charge in [0.15, 0.2) is 0 Å². The summed E-state index contributed by atoms with van der Waals surface area (Å²) in [4.78, 5) is 2.64. The van der Waals surface area contributed by atoms with Gasteiger partial charge in [-0.25, -0.2) is 0 Å². The van der Waals surface area contributed by atoms with Gasteiger partial charge in [-0.2, -0.15) is 0 Å². The summed E-state index contributed by atoms with van der Waals surface area (Å²) >= 11 is 0. The molecule has 1 aliphatic heterocycles. The number of rotatable bonds is 7. The number of hydrogen-bond acceptors (Lipinski definition) is 2. The van der Waals surface area contributed by atoms with Gasteiger partial charge in [0.05, 0.1) is 0 Å². The predicted molar refractivity (Wildman–Crippen MR) is 87.2 cm³/mol. The first-order valence-corrected chi connectivity index (χ1v) is 8.12. The highest BCUT2D eigenvalue weighted by Gasteiger charge is 2.31. The van der Waals surface area contributed by atoms with Crippen LogP contribution in [-0.4, -0.2) is 37.6 Å². The fraction of sp³-hybridized carbons (Fsp3) is 0.667. The zero-order valence-corrected chi connectivity index (χ0v) is 13.4. The van der Waals surface area contributed by atoms with Crippen LogP contribution in [0.2, 0.25) is 0 Å². The highest BCUT2D eigenvalue weighted by Crippen LogP contribution is 2.27. The molecule has 1 aromatic rings. The second kappa shape index (κ2) is 7.24. The van der Waals surface area contributed by atoms with Crippen molar-refractivity contribution in [1.82, 2.24) is 10.2 Å². The van der Waals surface area contributed by atoms with Gasteiger partial charge in [0.2, 0.25) is 0 Å². The number of nitrogens with zero attached hydrogens (tertiary/aromatic N) is 1. The minimum atomic E-state index is 0.209. The summed E-state index contributed by atoms with van der Waals surface area (Å²) in [6.45, 7) is 12.9. The predicted octanol–water partition coefficient (Wildman–Crippen LogP) is 3.29. The molecule has 0 aliphatic carbocycles. The van der Waals surface area contributed by atoms with Crippen molar-refractivity contribution in [3.05, 3.63) is 35.9 Å². The molecule has 1 N–H and O–H groups in total. The molecule has 0 bridgehead atoms. The van der Waals surface area contributed by atoms with Crippen LogP contribution >= 0.6 is 0 Å². The van der Waals surface area contributed by atoms with Crippen LogP contribution in [0.1, 0.15) is 39.2 Å². The molecule has 0 aromatic heterocycles. The lowest BCUT2D eigenvalue weighted by atomic mass is 9.81. The molecule has 2 heteroatoms. The van der Waals surface area contributed by atoms with Gasteiger partial charge in [-0.1, -0.05) is 51.1 Å². The summed E-state index contributed by atoms with van der Waals surface area (Å²) in [6, 6.07) is 11.0. The van der Waals surface area contributed by atoms with Crippen molar-refractivity contribution in [2.24, 2.45) is 5.92 Å². The normalized spacial score (nSPS) is 22.9. The fourth-order valence-corrected chi connectivity index (χ4v) is 3.29. The molecule has 0 spiro atoms. The Labute approximate surface area is 124 Å². The highest BCUT2D eigenvalue weighted by molar-refractivity contribution is 5.25. The molecule has 2 rings (SSSR count). The molecular formula is C18H30N2. The van der Waals surface area contributed by atoms with Crippen molar-refractivity contribution in [1.29, 1.82) is 0 Å². The molecule has 1 aromatic carbocycles. The van der Waals surface area contributed by atoms with Gasteiger partial charge in [-0.05, 0) is 37.4 Å². The van der Waals surface area contributed by atoms with Gasteiger partial charge < -0.3 is 10.2 Å². The van der Waals surface area contributed by atoms with E-state index in [4.69, 9.17) is 0 Å². The smallest absolute Gasteiger partial charge is 0.0177 e. The van der Waals surface area contributed by atoms with Crippen LogP contribution in [0, 0.1) is 5.92 Å². The molecule has 1 saturated heterocycles. The van der Waals surface area contributed by atoms with Crippen LogP contribution in [0.15, 0.2) is 30.3 Å². The van der Waals surface area contributed by atoms with Crippen LogP contribution in [0.3, 0.4) is 0 Å². The zero-order chi connectivity index (χ0) is 14.4. The Balaban J connectivity index is 2.07. The number of hydrogen-bond donors (Lipinski definition) is 1. The van der Waals surface area contributed by atoms with Crippen molar-refractivity contribution < 1.29 is 0 Å². The first-order valence-electron chi connectivity index (χ1n) is 8.12. The Morgan fingerprint density at radius 2 is 2.05 bits per heavy atom. The first kappa shape index (κ1) is 15.5. The van der Waals surface area contributed by atoms with E-state index in [0.717, 1.165) is 25.6 Å². The van der Waals surface area contributed by atoms with Crippen molar-refractivity contribution in [2.75, 3.05) is 32.7 Å². The van der Waals surface area contributed by atoms with Gasteiger partial charge in [0.25, 0.3) is 0 Å². The second-order valence-corrected chi connectivity index (χ2v) is 6.73. The molecule has 0 amide bonds. The Bertz CT molecular complexity index is 390. The van der Waals surface area contributed by atoms with Crippen LogP contribution < -0.4 is 5.32 Å². The van der Waals surface area contributed by atoms with Crippen LogP contribution in [-0.2, 0) is 5.41 Å². The zero-order valence-electron chi connectivity index (χ0n) is 13.4. The summed E-state index contributed by atoms with van der Waals surface area (Å²) in [7, 11) is 0. The van der Waals surface area contributed by atoms with E-state index in [1.54, 1.807) is 0 Å². The average Bonchev–Trinajstić information content (AvgIpc) is 2.85. The van der Waals surface area contributed by atoms with E-state index in [1.165, 1.54) is 31.5 Å². The topological polar surface area (TPSA) is 15.3 Å². The van der Waals surface area contributed by atoms with E-state index in [0.29, 0.717) is 0 Å². The second-order valence-electron chi connectivity index (χ2n) is 6.73. The third kappa shape index (κ3) is 4.07. The first-order chi connectivity index (χ1) is 9.64. The molecule has 112 valence electrons. The number of benzene rings is 1. The quantitative estimate of drug-likeness (QED) is 0.768. The van der Waals surface area contributed by atoms with E-state index < -0.39 is 0 Å². The monoisotopic (exact) mass is 274 g/mol. The van der Waals surface area contributed by atoms with E-state index >= 15 is 0 Å². The average molecular weight is 274 g/mol. The van der Waals surface area contributed by atoms with Crippen LogP contribution in [0.5, 0.6) is 0 Å². The number of likely N-dealkylation sites (tertiary alicyclic amines) is 1. The van der Waals surface area contributed by atoms with Crippen LogP contribution in [0.4, 0.5) is 0 Å². The van der Waals surface area contributed by atoms with Crippen molar-refractivity contribution in [2.45, 2.75) is 39.0 Å². The largest absolute Gasteiger partial charge is 0.316 e. The molecule has 0 radical (unpaired) electrons. The Morgan fingerprint density at radius 3 is 2.65 bits per heavy atom. The third-order valence-corrected chi connectivity index (χ3v) is 4.49. The third-order valence-electron chi connectivity index (χ3n) is 4.49. The highest BCUT2D eigenvalue weighted by atomic mass is 15.2. The maximum absolute atomic E-state index is 3.63. The van der Waals surface area contributed by atoms with E-state index in [9.17, 15) is 0 Å². The molecule has 2 nitrogen and oxygen atoms in total. The van der Waals surface area contributed by atoms with E-state index in [-0.39, 0.29) is 5.41 Å². The SMILES string of the molecule is CCCNCC(C)(CN1CCC(C)C1)c1ccccc1. The minimum Gasteiger partial charge on any atom is -0.316 e. The van der Waals surface area contributed by atoms with Gasteiger partial charge in [0.1, 0.15) is 0 Å². The van der Waals surface area contributed by atoms with Crippen molar-refractivity contribution in [3.63, 3.8) is 0 Å². The summed E-state index contributed by atoms with van der Waals surface area (Å²) in [6.07, 6.45) is 2.55. The number of nitrogens with one attached hydrogen (secondary N) is 1. The van der Waals surface area contributed by atoms with Gasteiger partial charge in [-0.3, -0.25) is 0 Å². The molecular weight excluding hydrogens is 244 g/mol. The summed E-state index contributed by atoms with van der Waals surface area (Å²) in [5.41, 5.74) is 1.67. The van der Waals surface area contributed by atoms with Gasteiger partial charge >= 0.3 is 0 Å². The Morgan fingerprint density at radius 1 is 1.30 bits per heavy atom. The summed E-state index contributed by atoms with van der Waals surface area (Å²) < 4.78 is 0. The summed E-state index contributed by atoms with van der Waals surface area (Å²) in [5, 5.41) is 3.63.